The average molecular weight is 286 g/mol. The molecule has 0 aliphatic carbocycles. The number of aromatic nitrogens is 1. The highest BCUT2D eigenvalue weighted by molar-refractivity contribution is 5.88. The first-order valence-corrected chi connectivity index (χ1v) is 6.58. The van der Waals surface area contributed by atoms with Crippen LogP contribution in [0, 0.1) is 0 Å². The van der Waals surface area contributed by atoms with Gasteiger partial charge < -0.3 is 19.9 Å². The lowest BCUT2D eigenvalue weighted by molar-refractivity contribution is 0.0697. The van der Waals surface area contributed by atoms with E-state index >= 15 is 0 Å². The van der Waals surface area contributed by atoms with Gasteiger partial charge in [0.2, 0.25) is 0 Å². The lowest BCUT2D eigenvalue weighted by Gasteiger charge is -2.11. The molecule has 0 atom stereocenters. The highest BCUT2D eigenvalue weighted by atomic mass is 16.5. The molecule has 0 bridgehead atoms. The van der Waals surface area contributed by atoms with Crippen molar-refractivity contribution in [2.45, 2.75) is 6.42 Å². The maximum atomic E-state index is 10.9. The fourth-order valence-electron chi connectivity index (χ4n) is 2.02. The van der Waals surface area contributed by atoms with E-state index in [1.807, 2.05) is 18.2 Å². The predicted octanol–water partition coefficient (Wildman–Crippen LogP) is 2.68. The summed E-state index contributed by atoms with van der Waals surface area (Å²) in [7, 11) is 0. The number of fused-ring (bicyclic) bond motifs is 1. The Morgan fingerprint density at radius 1 is 1.14 bits per heavy atom. The summed E-state index contributed by atoms with van der Waals surface area (Å²) in [6.45, 7) is 1.26. The van der Waals surface area contributed by atoms with Crippen LogP contribution in [-0.2, 0) is 0 Å². The molecule has 2 heterocycles. The molecule has 2 aromatic rings. The maximum absolute atomic E-state index is 10.9. The van der Waals surface area contributed by atoms with Gasteiger partial charge in [0.25, 0.3) is 0 Å². The Bertz CT molecular complexity index is 672. The van der Waals surface area contributed by atoms with Crippen molar-refractivity contribution >= 4 is 17.5 Å². The predicted molar refractivity (Wildman–Crippen MR) is 76.5 cm³/mol. The molecule has 3 rings (SSSR count). The molecule has 0 saturated carbocycles. The lowest BCUT2D eigenvalue weighted by Crippen LogP contribution is -2.00. The van der Waals surface area contributed by atoms with Crippen LogP contribution in [0.4, 0.5) is 11.5 Å². The first-order chi connectivity index (χ1) is 10.2. The summed E-state index contributed by atoms with van der Waals surface area (Å²) in [5, 5.41) is 12.0. The summed E-state index contributed by atoms with van der Waals surface area (Å²) in [4.78, 5) is 15.0. The van der Waals surface area contributed by atoms with E-state index in [2.05, 4.69) is 10.3 Å². The van der Waals surface area contributed by atoms with Crippen LogP contribution >= 0.6 is 0 Å². The highest BCUT2D eigenvalue weighted by Crippen LogP contribution is 2.33. The number of hydrogen-bond donors (Lipinski definition) is 2. The van der Waals surface area contributed by atoms with Crippen molar-refractivity contribution in [1.82, 2.24) is 4.98 Å². The van der Waals surface area contributed by atoms with Crippen LogP contribution in [0.15, 0.2) is 36.5 Å². The zero-order valence-corrected chi connectivity index (χ0v) is 11.2. The zero-order chi connectivity index (χ0) is 14.7. The number of aromatic carboxylic acids is 1. The number of hydrogen-bond acceptors (Lipinski definition) is 5. The number of rotatable bonds is 3. The summed E-state index contributed by atoms with van der Waals surface area (Å²) in [5.74, 6) is 0.862. The van der Waals surface area contributed by atoms with Crippen LogP contribution in [0.3, 0.4) is 0 Å². The van der Waals surface area contributed by atoms with E-state index in [0.29, 0.717) is 30.5 Å². The third kappa shape index (κ3) is 3.05. The maximum Gasteiger partial charge on any atom is 0.335 e. The monoisotopic (exact) mass is 286 g/mol. The number of pyridine rings is 1. The van der Waals surface area contributed by atoms with Crippen LogP contribution in [0.5, 0.6) is 11.5 Å². The molecule has 1 aliphatic heterocycles. The topological polar surface area (TPSA) is 80.7 Å². The smallest absolute Gasteiger partial charge is 0.335 e. The van der Waals surface area contributed by atoms with Gasteiger partial charge in [0.1, 0.15) is 5.82 Å². The molecule has 108 valence electrons. The SMILES string of the molecule is O=C(O)c1ccnc(Nc2ccc3c(c2)OCCCO3)c1. The molecule has 21 heavy (non-hydrogen) atoms. The molecule has 1 aliphatic rings. The van der Waals surface area contributed by atoms with Crippen molar-refractivity contribution in [2.24, 2.45) is 0 Å². The second-order valence-corrected chi connectivity index (χ2v) is 4.57. The van der Waals surface area contributed by atoms with Crippen LogP contribution in [0.25, 0.3) is 0 Å². The van der Waals surface area contributed by atoms with Gasteiger partial charge in [0.15, 0.2) is 11.5 Å². The third-order valence-corrected chi connectivity index (χ3v) is 3.03. The summed E-state index contributed by atoms with van der Waals surface area (Å²) >= 11 is 0. The van der Waals surface area contributed by atoms with Gasteiger partial charge in [-0.3, -0.25) is 0 Å². The van der Waals surface area contributed by atoms with Gasteiger partial charge in [-0.15, -0.1) is 0 Å². The van der Waals surface area contributed by atoms with Crippen molar-refractivity contribution < 1.29 is 19.4 Å². The van der Waals surface area contributed by atoms with E-state index < -0.39 is 5.97 Å². The highest BCUT2D eigenvalue weighted by Gasteiger charge is 2.11. The zero-order valence-electron chi connectivity index (χ0n) is 11.2. The standard InChI is InChI=1S/C15H14N2O4/c18-15(19)10-4-5-16-14(8-10)17-11-2-3-12-13(9-11)21-7-1-6-20-12/h2-5,8-9H,1,6-7H2,(H,16,17)(H,18,19). The van der Waals surface area contributed by atoms with E-state index in [4.69, 9.17) is 14.6 Å². The molecule has 1 aromatic heterocycles. The Morgan fingerprint density at radius 2 is 1.95 bits per heavy atom. The van der Waals surface area contributed by atoms with Crippen molar-refractivity contribution in [1.29, 1.82) is 0 Å². The molecule has 6 heteroatoms. The summed E-state index contributed by atoms with van der Waals surface area (Å²) in [6, 6.07) is 8.40. The normalized spacial score (nSPS) is 13.3. The molecule has 0 spiro atoms. The molecule has 1 aromatic carbocycles. The number of ether oxygens (including phenoxy) is 2. The Labute approximate surface area is 121 Å². The average Bonchev–Trinajstić information content (AvgIpc) is 2.72. The molecule has 0 radical (unpaired) electrons. The van der Waals surface area contributed by atoms with Gasteiger partial charge in [0.05, 0.1) is 18.8 Å². The van der Waals surface area contributed by atoms with Crippen molar-refractivity contribution in [3.63, 3.8) is 0 Å². The molecule has 0 saturated heterocycles. The molecule has 0 fully saturated rings. The van der Waals surface area contributed by atoms with Gasteiger partial charge >= 0.3 is 5.97 Å². The molecule has 6 nitrogen and oxygen atoms in total. The largest absolute Gasteiger partial charge is 0.490 e. The Morgan fingerprint density at radius 3 is 2.76 bits per heavy atom. The van der Waals surface area contributed by atoms with E-state index in [0.717, 1.165) is 12.1 Å². The first-order valence-electron chi connectivity index (χ1n) is 6.58. The van der Waals surface area contributed by atoms with Crippen molar-refractivity contribution in [2.75, 3.05) is 18.5 Å². The molecule has 2 N–H and O–H groups in total. The molecular weight excluding hydrogens is 272 g/mol. The van der Waals surface area contributed by atoms with Gasteiger partial charge in [-0.05, 0) is 24.3 Å². The number of carboxylic acid groups (broad SMARTS) is 1. The van der Waals surface area contributed by atoms with E-state index in [-0.39, 0.29) is 5.56 Å². The van der Waals surface area contributed by atoms with E-state index in [1.165, 1.54) is 18.3 Å². The molecule has 0 amide bonds. The fourth-order valence-corrected chi connectivity index (χ4v) is 2.02. The number of carbonyl (C=O) groups is 1. The number of nitrogens with one attached hydrogen (secondary N) is 1. The van der Waals surface area contributed by atoms with Gasteiger partial charge in [0, 0.05) is 24.4 Å². The van der Waals surface area contributed by atoms with Crippen molar-refractivity contribution in [3.05, 3.63) is 42.1 Å². The first kappa shape index (κ1) is 13.2. The van der Waals surface area contributed by atoms with E-state index in [9.17, 15) is 4.79 Å². The molecular formula is C15H14N2O4. The number of benzene rings is 1. The quantitative estimate of drug-likeness (QED) is 0.903. The van der Waals surface area contributed by atoms with Crippen LogP contribution in [-0.4, -0.2) is 29.3 Å². The van der Waals surface area contributed by atoms with Gasteiger partial charge in [-0.25, -0.2) is 9.78 Å². The fraction of sp³-hybridized carbons (Fsp3) is 0.200. The van der Waals surface area contributed by atoms with Gasteiger partial charge in [-0.1, -0.05) is 0 Å². The van der Waals surface area contributed by atoms with Crippen LogP contribution in [0.2, 0.25) is 0 Å². The second kappa shape index (κ2) is 5.70. The lowest BCUT2D eigenvalue weighted by atomic mass is 10.2. The summed E-state index contributed by atoms with van der Waals surface area (Å²) < 4.78 is 11.2. The van der Waals surface area contributed by atoms with E-state index in [1.54, 1.807) is 0 Å². The number of carboxylic acids is 1. The second-order valence-electron chi connectivity index (χ2n) is 4.57. The van der Waals surface area contributed by atoms with Crippen LogP contribution < -0.4 is 14.8 Å². The molecule has 0 unspecified atom stereocenters. The Balaban J connectivity index is 1.83. The Hall–Kier alpha value is -2.76. The Kier molecular flexibility index (Phi) is 3.59. The number of anilines is 2. The van der Waals surface area contributed by atoms with Crippen LogP contribution in [0.1, 0.15) is 16.8 Å². The minimum atomic E-state index is -0.987. The summed E-state index contributed by atoms with van der Waals surface area (Å²) in [6.07, 6.45) is 2.30. The number of nitrogens with zero attached hydrogens (tertiary/aromatic N) is 1. The minimum Gasteiger partial charge on any atom is -0.490 e. The van der Waals surface area contributed by atoms with Gasteiger partial charge in [-0.2, -0.15) is 0 Å². The third-order valence-electron chi connectivity index (χ3n) is 3.03. The minimum absolute atomic E-state index is 0.182. The van der Waals surface area contributed by atoms with Crippen molar-refractivity contribution in [3.8, 4) is 11.5 Å². The summed E-state index contributed by atoms with van der Waals surface area (Å²) in [5.41, 5.74) is 0.941.